The fourth-order valence-electron chi connectivity index (χ4n) is 4.86. The Morgan fingerprint density at radius 1 is 0.703 bits per heavy atom. The summed E-state index contributed by atoms with van der Waals surface area (Å²) in [5.74, 6) is 3.58. The Hall–Kier alpha value is -2.45. The Labute approximate surface area is 226 Å². The standard InChI is InChI=1S/C29H43NO6S/c1-8-12-30(13-9-2)22-16-20(17-23(32-4)28(22)36-15-14-31-3)26-10-11-27(37-26)21-18-24(33-5)29(35-7)25(19-21)34-6/h16-19,26-27H,8-15H2,1-7H3. The Kier molecular flexibility index (Phi) is 11.4. The maximum Gasteiger partial charge on any atom is 0.203 e. The van der Waals surface area contributed by atoms with Gasteiger partial charge in [-0.05, 0) is 61.1 Å². The normalized spacial score (nSPS) is 16.9. The summed E-state index contributed by atoms with van der Waals surface area (Å²) in [6.07, 6.45) is 4.25. The third-order valence-corrected chi connectivity index (χ3v) is 8.26. The lowest BCUT2D eigenvalue weighted by Gasteiger charge is -2.28. The van der Waals surface area contributed by atoms with E-state index >= 15 is 0 Å². The molecule has 0 saturated carbocycles. The number of hydrogen-bond donors (Lipinski definition) is 0. The van der Waals surface area contributed by atoms with E-state index in [0.717, 1.165) is 56.0 Å². The molecule has 1 heterocycles. The summed E-state index contributed by atoms with van der Waals surface area (Å²) in [6.45, 7) is 7.36. The average Bonchev–Trinajstić information content (AvgIpc) is 3.42. The molecule has 8 heteroatoms. The van der Waals surface area contributed by atoms with Gasteiger partial charge in [-0.15, -0.1) is 11.8 Å². The van der Waals surface area contributed by atoms with Crippen LogP contribution in [-0.2, 0) is 4.74 Å². The van der Waals surface area contributed by atoms with E-state index in [1.807, 2.05) is 11.8 Å². The molecular weight excluding hydrogens is 490 g/mol. The van der Waals surface area contributed by atoms with Crippen molar-refractivity contribution in [1.82, 2.24) is 0 Å². The third kappa shape index (κ3) is 6.90. The molecule has 2 aromatic carbocycles. The lowest BCUT2D eigenvalue weighted by Crippen LogP contribution is -2.26. The maximum atomic E-state index is 6.22. The first kappa shape index (κ1) is 29.1. The molecule has 206 valence electrons. The summed E-state index contributed by atoms with van der Waals surface area (Å²) in [5, 5.41) is 0.669. The zero-order chi connectivity index (χ0) is 26.8. The van der Waals surface area contributed by atoms with Crippen LogP contribution in [0.4, 0.5) is 5.69 Å². The number of anilines is 1. The van der Waals surface area contributed by atoms with Gasteiger partial charge in [-0.3, -0.25) is 0 Å². The largest absolute Gasteiger partial charge is 0.493 e. The van der Waals surface area contributed by atoms with Crippen LogP contribution in [0.5, 0.6) is 28.7 Å². The fraction of sp³-hybridized carbons (Fsp3) is 0.586. The number of rotatable bonds is 15. The molecule has 1 aliphatic rings. The van der Waals surface area contributed by atoms with Crippen molar-refractivity contribution in [1.29, 1.82) is 0 Å². The zero-order valence-electron chi connectivity index (χ0n) is 23.4. The molecule has 3 rings (SSSR count). The second-order valence-electron chi connectivity index (χ2n) is 9.05. The Balaban J connectivity index is 1.95. The summed E-state index contributed by atoms with van der Waals surface area (Å²) in [6, 6.07) is 8.61. The van der Waals surface area contributed by atoms with Crippen molar-refractivity contribution in [2.75, 3.05) is 66.8 Å². The molecule has 1 aliphatic heterocycles. The molecule has 0 radical (unpaired) electrons. The van der Waals surface area contributed by atoms with Crippen LogP contribution < -0.4 is 28.6 Å². The summed E-state index contributed by atoms with van der Waals surface area (Å²) >= 11 is 1.98. The van der Waals surface area contributed by atoms with Gasteiger partial charge >= 0.3 is 0 Å². The van der Waals surface area contributed by atoms with E-state index in [1.165, 1.54) is 11.1 Å². The molecule has 2 aromatic rings. The summed E-state index contributed by atoms with van der Waals surface area (Å²) in [7, 11) is 8.36. The first-order chi connectivity index (χ1) is 18.0. The van der Waals surface area contributed by atoms with Gasteiger partial charge in [-0.2, -0.15) is 0 Å². The van der Waals surface area contributed by atoms with E-state index in [0.29, 0.717) is 41.0 Å². The zero-order valence-corrected chi connectivity index (χ0v) is 24.2. The van der Waals surface area contributed by atoms with E-state index in [-0.39, 0.29) is 0 Å². The monoisotopic (exact) mass is 533 g/mol. The molecule has 0 aromatic heterocycles. The Morgan fingerprint density at radius 2 is 1.22 bits per heavy atom. The van der Waals surface area contributed by atoms with Crippen molar-refractivity contribution in [3.8, 4) is 28.7 Å². The predicted molar refractivity (Wildman–Crippen MR) is 152 cm³/mol. The molecule has 0 aliphatic carbocycles. The van der Waals surface area contributed by atoms with Crippen LogP contribution in [-0.4, -0.2) is 61.9 Å². The average molecular weight is 534 g/mol. The van der Waals surface area contributed by atoms with Gasteiger partial charge in [0.05, 0.1) is 40.7 Å². The molecule has 0 spiro atoms. The van der Waals surface area contributed by atoms with Gasteiger partial charge in [0.2, 0.25) is 5.75 Å². The van der Waals surface area contributed by atoms with Crippen LogP contribution in [0.3, 0.4) is 0 Å². The topological polar surface area (TPSA) is 58.6 Å². The minimum Gasteiger partial charge on any atom is -0.493 e. The molecule has 1 saturated heterocycles. The maximum absolute atomic E-state index is 6.22. The van der Waals surface area contributed by atoms with E-state index in [2.05, 4.69) is 43.0 Å². The van der Waals surface area contributed by atoms with Crippen LogP contribution >= 0.6 is 11.8 Å². The molecule has 7 nitrogen and oxygen atoms in total. The highest BCUT2D eigenvalue weighted by Gasteiger charge is 2.31. The minimum absolute atomic E-state index is 0.327. The summed E-state index contributed by atoms with van der Waals surface area (Å²) in [5.41, 5.74) is 3.56. The second-order valence-corrected chi connectivity index (χ2v) is 10.5. The number of benzene rings is 2. The Bertz CT molecular complexity index is 970. The number of thioether (sulfide) groups is 1. The fourth-order valence-corrected chi connectivity index (χ4v) is 6.39. The van der Waals surface area contributed by atoms with Crippen molar-refractivity contribution in [3.05, 3.63) is 35.4 Å². The highest BCUT2D eigenvalue weighted by Crippen LogP contribution is 2.56. The smallest absolute Gasteiger partial charge is 0.203 e. The van der Waals surface area contributed by atoms with E-state index < -0.39 is 0 Å². The molecule has 0 bridgehead atoms. The van der Waals surface area contributed by atoms with Gasteiger partial charge in [-0.25, -0.2) is 0 Å². The molecular formula is C29H43NO6S. The molecule has 2 unspecified atom stereocenters. The quantitative estimate of drug-likeness (QED) is 0.235. The van der Waals surface area contributed by atoms with E-state index in [4.69, 9.17) is 28.4 Å². The van der Waals surface area contributed by atoms with Crippen molar-refractivity contribution in [3.63, 3.8) is 0 Å². The second kappa shape index (κ2) is 14.5. The van der Waals surface area contributed by atoms with Crippen molar-refractivity contribution >= 4 is 17.4 Å². The van der Waals surface area contributed by atoms with Crippen LogP contribution in [0.2, 0.25) is 0 Å². The minimum atomic E-state index is 0.327. The van der Waals surface area contributed by atoms with Gasteiger partial charge in [0.25, 0.3) is 0 Å². The van der Waals surface area contributed by atoms with Crippen LogP contribution in [0.1, 0.15) is 61.2 Å². The first-order valence-corrected chi connectivity index (χ1v) is 14.0. The van der Waals surface area contributed by atoms with Crippen LogP contribution in [0.25, 0.3) is 0 Å². The highest BCUT2D eigenvalue weighted by molar-refractivity contribution is 8.00. The lowest BCUT2D eigenvalue weighted by molar-refractivity contribution is 0.144. The molecule has 1 fully saturated rings. The highest BCUT2D eigenvalue weighted by atomic mass is 32.2. The summed E-state index contributed by atoms with van der Waals surface area (Å²) in [4.78, 5) is 2.42. The Morgan fingerprint density at radius 3 is 1.68 bits per heavy atom. The molecule has 37 heavy (non-hydrogen) atoms. The van der Waals surface area contributed by atoms with E-state index in [9.17, 15) is 0 Å². The first-order valence-electron chi connectivity index (χ1n) is 13.1. The number of ether oxygens (including phenoxy) is 6. The third-order valence-electron chi connectivity index (χ3n) is 6.59. The van der Waals surface area contributed by atoms with Crippen LogP contribution in [0, 0.1) is 0 Å². The summed E-state index contributed by atoms with van der Waals surface area (Å²) < 4.78 is 34.0. The molecule has 2 atom stereocenters. The van der Waals surface area contributed by atoms with E-state index in [1.54, 1.807) is 35.5 Å². The van der Waals surface area contributed by atoms with Gasteiger partial charge in [0.1, 0.15) is 6.61 Å². The van der Waals surface area contributed by atoms with Crippen molar-refractivity contribution in [2.24, 2.45) is 0 Å². The van der Waals surface area contributed by atoms with Gasteiger partial charge in [-0.1, -0.05) is 13.8 Å². The molecule has 0 N–H and O–H groups in total. The lowest BCUT2D eigenvalue weighted by atomic mass is 10.0. The van der Waals surface area contributed by atoms with Gasteiger partial charge in [0, 0.05) is 30.7 Å². The van der Waals surface area contributed by atoms with Crippen LogP contribution in [0.15, 0.2) is 24.3 Å². The van der Waals surface area contributed by atoms with Gasteiger partial charge < -0.3 is 33.3 Å². The van der Waals surface area contributed by atoms with Crippen molar-refractivity contribution in [2.45, 2.75) is 50.0 Å². The SMILES string of the molecule is CCCN(CCC)c1cc(C2CCC(c3cc(OC)c(OC)c(OC)c3)S2)cc(OC)c1OCCOC. The van der Waals surface area contributed by atoms with Crippen molar-refractivity contribution < 1.29 is 28.4 Å². The van der Waals surface area contributed by atoms with Gasteiger partial charge in [0.15, 0.2) is 23.0 Å². The number of hydrogen-bond acceptors (Lipinski definition) is 8. The predicted octanol–water partition coefficient (Wildman–Crippen LogP) is 6.68. The molecule has 0 amide bonds. The number of methoxy groups -OCH3 is 5. The number of nitrogens with zero attached hydrogens (tertiary/aromatic N) is 1.